The summed E-state index contributed by atoms with van der Waals surface area (Å²) in [4.78, 5) is 16.3. The number of hydrogen-bond acceptors (Lipinski definition) is 3. The summed E-state index contributed by atoms with van der Waals surface area (Å²) < 4.78 is 6.27. The number of para-hydroxylation sites is 1. The summed E-state index contributed by atoms with van der Waals surface area (Å²) in [5.41, 5.74) is 2.48. The van der Waals surface area contributed by atoms with Gasteiger partial charge in [-0.05, 0) is 94.1 Å². The molecule has 0 radical (unpaired) electrons. The van der Waals surface area contributed by atoms with E-state index >= 15 is 0 Å². The zero-order valence-corrected chi connectivity index (χ0v) is 21.8. The number of aryl methyl sites for hydroxylation is 2. The van der Waals surface area contributed by atoms with Crippen LogP contribution in [0.4, 0.5) is 0 Å². The Morgan fingerprint density at radius 3 is 2.51 bits per heavy atom. The first-order valence-electron chi connectivity index (χ1n) is 13.8. The van der Waals surface area contributed by atoms with Crippen LogP contribution < -0.4 is 10.1 Å². The molecule has 4 nitrogen and oxygen atoms in total. The number of fused-ring (bicyclic) bond motifs is 1. The van der Waals surface area contributed by atoms with E-state index in [2.05, 4.69) is 72.6 Å². The number of ether oxygens (including phenoxy) is 1. The van der Waals surface area contributed by atoms with Crippen molar-refractivity contribution in [3.8, 4) is 5.75 Å². The molecule has 0 bridgehead atoms. The van der Waals surface area contributed by atoms with E-state index in [0.717, 1.165) is 76.8 Å². The number of amides is 1. The molecule has 2 heterocycles. The summed E-state index contributed by atoms with van der Waals surface area (Å²) in [5, 5.41) is 3.45. The standard InChI is InChI=1S/C31H44N2O2/c1-25(2)23-28-24-35-29-16-7-6-14-27(29)15-8-9-17-31(30(34)32-28)18-21-33(22-19-31)20-10-13-26-11-4-3-5-12-26/h3-7,11-12,14,16,25,28H,8-10,13,15,17-24H2,1-2H3,(H,32,34)/t28-/m0/s1. The molecule has 1 spiro atoms. The lowest BCUT2D eigenvalue weighted by atomic mass is 9.73. The number of benzene rings is 2. The van der Waals surface area contributed by atoms with Crippen molar-refractivity contribution in [2.45, 2.75) is 77.7 Å². The third kappa shape index (κ3) is 7.33. The van der Waals surface area contributed by atoms with Gasteiger partial charge in [0.15, 0.2) is 0 Å². The summed E-state index contributed by atoms with van der Waals surface area (Å²) >= 11 is 0. The van der Waals surface area contributed by atoms with Crippen molar-refractivity contribution < 1.29 is 9.53 Å². The maximum atomic E-state index is 13.8. The Balaban J connectivity index is 1.39. The Morgan fingerprint density at radius 2 is 1.74 bits per heavy atom. The monoisotopic (exact) mass is 476 g/mol. The number of carbonyl (C=O) groups excluding carboxylic acids is 1. The third-order valence-electron chi connectivity index (χ3n) is 7.93. The Kier molecular flexibility index (Phi) is 9.25. The van der Waals surface area contributed by atoms with E-state index < -0.39 is 0 Å². The van der Waals surface area contributed by atoms with Crippen LogP contribution in [0.5, 0.6) is 5.75 Å². The summed E-state index contributed by atoms with van der Waals surface area (Å²) in [6.07, 6.45) is 9.39. The van der Waals surface area contributed by atoms with Gasteiger partial charge in [-0.2, -0.15) is 0 Å². The van der Waals surface area contributed by atoms with Gasteiger partial charge < -0.3 is 15.0 Å². The van der Waals surface area contributed by atoms with Crippen LogP contribution >= 0.6 is 0 Å². The van der Waals surface area contributed by atoms with Crippen LogP contribution in [0, 0.1) is 11.3 Å². The quantitative estimate of drug-likeness (QED) is 0.553. The van der Waals surface area contributed by atoms with Crippen LogP contribution in [0.1, 0.15) is 69.9 Å². The van der Waals surface area contributed by atoms with E-state index in [9.17, 15) is 4.79 Å². The normalized spacial score (nSPS) is 21.5. The zero-order valence-electron chi connectivity index (χ0n) is 21.8. The van der Waals surface area contributed by atoms with Crippen LogP contribution in [0.15, 0.2) is 54.6 Å². The number of nitrogens with one attached hydrogen (secondary N) is 1. The first-order valence-corrected chi connectivity index (χ1v) is 13.8. The molecule has 35 heavy (non-hydrogen) atoms. The fraction of sp³-hybridized carbons (Fsp3) is 0.581. The predicted octanol–water partition coefficient (Wildman–Crippen LogP) is 6.04. The number of nitrogens with zero attached hydrogens (tertiary/aromatic N) is 1. The van der Waals surface area contributed by atoms with Crippen LogP contribution in [0.25, 0.3) is 0 Å². The smallest absolute Gasteiger partial charge is 0.226 e. The van der Waals surface area contributed by atoms with Gasteiger partial charge in [-0.3, -0.25) is 4.79 Å². The molecule has 4 heteroatoms. The number of rotatable bonds is 6. The highest BCUT2D eigenvalue weighted by molar-refractivity contribution is 5.83. The molecule has 2 aromatic carbocycles. The Bertz CT molecular complexity index is 919. The van der Waals surface area contributed by atoms with Gasteiger partial charge in [-0.15, -0.1) is 0 Å². The lowest BCUT2D eigenvalue weighted by Gasteiger charge is -2.42. The fourth-order valence-corrected chi connectivity index (χ4v) is 5.84. The molecule has 1 amide bonds. The van der Waals surface area contributed by atoms with Crippen LogP contribution in [-0.4, -0.2) is 43.1 Å². The first-order chi connectivity index (χ1) is 17.0. The molecular formula is C31H44N2O2. The maximum Gasteiger partial charge on any atom is 0.226 e. The van der Waals surface area contributed by atoms with Gasteiger partial charge in [0.2, 0.25) is 5.91 Å². The summed E-state index contributed by atoms with van der Waals surface area (Å²) in [6.45, 7) is 8.16. The maximum absolute atomic E-state index is 13.8. The molecule has 0 unspecified atom stereocenters. The minimum atomic E-state index is -0.232. The van der Waals surface area contributed by atoms with E-state index in [1.165, 1.54) is 17.5 Å². The zero-order chi connectivity index (χ0) is 24.5. The fourth-order valence-electron chi connectivity index (χ4n) is 5.84. The number of carbonyl (C=O) groups is 1. The van der Waals surface area contributed by atoms with Gasteiger partial charge in [-0.25, -0.2) is 0 Å². The Labute approximate surface area is 212 Å². The average molecular weight is 477 g/mol. The second-order valence-corrected chi connectivity index (χ2v) is 11.1. The van der Waals surface area contributed by atoms with Gasteiger partial charge in [0.25, 0.3) is 0 Å². The number of likely N-dealkylation sites (tertiary alicyclic amines) is 1. The minimum Gasteiger partial charge on any atom is -0.491 e. The third-order valence-corrected chi connectivity index (χ3v) is 7.93. The van der Waals surface area contributed by atoms with Crippen molar-refractivity contribution in [3.63, 3.8) is 0 Å². The van der Waals surface area contributed by atoms with Crippen molar-refractivity contribution in [2.75, 3.05) is 26.2 Å². The first kappa shape index (κ1) is 25.8. The van der Waals surface area contributed by atoms with Crippen molar-refractivity contribution in [2.24, 2.45) is 11.3 Å². The number of hydrogen-bond donors (Lipinski definition) is 1. The molecule has 0 aliphatic carbocycles. The van der Waals surface area contributed by atoms with Crippen LogP contribution in [-0.2, 0) is 17.6 Å². The second kappa shape index (κ2) is 12.6. The molecule has 0 aromatic heterocycles. The van der Waals surface area contributed by atoms with E-state index in [1.807, 2.05) is 6.07 Å². The molecule has 4 rings (SSSR count). The predicted molar refractivity (Wildman–Crippen MR) is 144 cm³/mol. The van der Waals surface area contributed by atoms with Crippen LogP contribution in [0.2, 0.25) is 0 Å². The van der Waals surface area contributed by atoms with Gasteiger partial charge in [0.05, 0.1) is 11.5 Å². The molecule has 1 saturated heterocycles. The van der Waals surface area contributed by atoms with E-state index in [1.54, 1.807) is 0 Å². The molecule has 2 aromatic rings. The highest BCUT2D eigenvalue weighted by Crippen LogP contribution is 2.38. The molecule has 2 aliphatic rings. The molecule has 1 fully saturated rings. The molecule has 0 saturated carbocycles. The molecule has 1 N–H and O–H groups in total. The van der Waals surface area contributed by atoms with Gasteiger partial charge >= 0.3 is 0 Å². The summed E-state index contributed by atoms with van der Waals surface area (Å²) in [7, 11) is 0. The summed E-state index contributed by atoms with van der Waals surface area (Å²) in [6, 6.07) is 19.2. The lowest BCUT2D eigenvalue weighted by molar-refractivity contribution is -0.135. The van der Waals surface area contributed by atoms with Gasteiger partial charge in [0.1, 0.15) is 12.4 Å². The van der Waals surface area contributed by atoms with E-state index in [4.69, 9.17) is 4.74 Å². The van der Waals surface area contributed by atoms with Crippen molar-refractivity contribution in [3.05, 3.63) is 65.7 Å². The second-order valence-electron chi connectivity index (χ2n) is 11.1. The summed E-state index contributed by atoms with van der Waals surface area (Å²) in [5.74, 6) is 1.76. The largest absolute Gasteiger partial charge is 0.491 e. The van der Waals surface area contributed by atoms with Crippen molar-refractivity contribution in [1.29, 1.82) is 0 Å². The highest BCUT2D eigenvalue weighted by Gasteiger charge is 2.41. The molecule has 2 aliphatic heterocycles. The number of piperidine rings is 1. The Morgan fingerprint density at radius 1 is 1.00 bits per heavy atom. The Hall–Kier alpha value is -2.33. The average Bonchev–Trinajstić information content (AvgIpc) is 2.86. The molecule has 1 atom stereocenters. The van der Waals surface area contributed by atoms with Crippen molar-refractivity contribution in [1.82, 2.24) is 10.2 Å². The van der Waals surface area contributed by atoms with Crippen LogP contribution in [0.3, 0.4) is 0 Å². The van der Waals surface area contributed by atoms with E-state index in [0.29, 0.717) is 12.5 Å². The van der Waals surface area contributed by atoms with E-state index in [-0.39, 0.29) is 17.4 Å². The lowest BCUT2D eigenvalue weighted by Crippen LogP contribution is -2.52. The van der Waals surface area contributed by atoms with Gasteiger partial charge in [-0.1, -0.05) is 68.8 Å². The molecular weight excluding hydrogens is 432 g/mol. The van der Waals surface area contributed by atoms with Crippen molar-refractivity contribution >= 4 is 5.91 Å². The topological polar surface area (TPSA) is 41.6 Å². The SMILES string of the molecule is CC(C)C[C@H]1COc2ccccc2CCCCC2(CCN(CCCc3ccccc3)CC2)C(=O)N1. The highest BCUT2D eigenvalue weighted by atomic mass is 16.5. The minimum absolute atomic E-state index is 0.0516. The molecule has 190 valence electrons. The van der Waals surface area contributed by atoms with Gasteiger partial charge in [0, 0.05) is 0 Å².